The van der Waals surface area contributed by atoms with Crippen molar-refractivity contribution in [2.45, 2.75) is 40.7 Å². The Morgan fingerprint density at radius 2 is 1.48 bits per heavy atom. The van der Waals surface area contributed by atoms with Crippen LogP contribution in [0.15, 0.2) is 58.3 Å². The van der Waals surface area contributed by atoms with Crippen LogP contribution >= 0.6 is 12.6 Å². The van der Waals surface area contributed by atoms with Crippen molar-refractivity contribution in [1.29, 1.82) is 0 Å². The van der Waals surface area contributed by atoms with Gasteiger partial charge in [-0.1, -0.05) is 24.3 Å². The highest BCUT2D eigenvalue weighted by Gasteiger charge is 2.71. The molecule has 0 unspecified atom stereocenters. The Balaban J connectivity index is 1.82. The highest BCUT2D eigenvalue weighted by Crippen LogP contribution is 2.50. The van der Waals surface area contributed by atoms with Gasteiger partial charge in [0, 0.05) is 41.8 Å². The van der Waals surface area contributed by atoms with Crippen molar-refractivity contribution in [1.82, 2.24) is 4.31 Å². The number of anilines is 1. The van der Waals surface area contributed by atoms with Gasteiger partial charge in [-0.05, 0) is 31.2 Å². The largest absolute Gasteiger partial charge is 0.430 e. The van der Waals surface area contributed by atoms with E-state index in [4.69, 9.17) is 0 Å². The van der Waals surface area contributed by atoms with Crippen molar-refractivity contribution in [2.75, 3.05) is 24.5 Å². The summed E-state index contributed by atoms with van der Waals surface area (Å²) in [6.45, 7) is 1.99. The number of thiol groups is 1. The minimum absolute atomic E-state index is 0.0385. The Kier molecular flexibility index (Phi) is 6.75. The molecule has 0 aromatic heterocycles. The minimum atomic E-state index is -5.97. The van der Waals surface area contributed by atoms with Crippen molar-refractivity contribution in [3.05, 3.63) is 54.1 Å². The van der Waals surface area contributed by atoms with Gasteiger partial charge in [-0.15, -0.1) is 12.6 Å². The Hall–Kier alpha value is -1.96. The zero-order valence-corrected chi connectivity index (χ0v) is 18.8. The standard InChI is InChI=1S/C20H20F6N2O3S2/c1-13-12-27(10-11-28(13)33(30,31)17-5-3-2-4-16(17)32)15-8-6-14(7-9-15)18(29,19(21,22)23)20(24,25)26/h2-9,13,29,32H,10-12H2,1H3/t13-/m0/s1. The first kappa shape index (κ1) is 25.7. The van der Waals surface area contributed by atoms with E-state index in [1.54, 1.807) is 30.0 Å². The Bertz CT molecular complexity index is 1090. The van der Waals surface area contributed by atoms with Crippen molar-refractivity contribution < 1.29 is 39.9 Å². The van der Waals surface area contributed by atoms with Gasteiger partial charge in [0.2, 0.25) is 10.0 Å². The molecule has 2 aromatic rings. The maximum absolute atomic E-state index is 13.1. The summed E-state index contributed by atoms with van der Waals surface area (Å²) in [5, 5.41) is 9.51. The van der Waals surface area contributed by atoms with Crippen LogP contribution in [0.25, 0.3) is 0 Å². The molecule has 1 aliphatic heterocycles. The lowest BCUT2D eigenvalue weighted by Crippen LogP contribution is -2.54. The lowest BCUT2D eigenvalue weighted by atomic mass is 9.92. The first-order valence-electron chi connectivity index (χ1n) is 9.62. The smallest absolute Gasteiger partial charge is 0.369 e. The molecule has 182 valence electrons. The third-order valence-electron chi connectivity index (χ3n) is 5.49. The number of aliphatic hydroxyl groups is 1. The molecule has 3 rings (SSSR count). The molecule has 33 heavy (non-hydrogen) atoms. The Morgan fingerprint density at radius 3 is 1.97 bits per heavy atom. The molecule has 1 N–H and O–H groups in total. The fourth-order valence-corrected chi connectivity index (χ4v) is 5.94. The molecular formula is C20H20F6N2O3S2. The number of benzene rings is 2. The Labute approximate surface area is 192 Å². The van der Waals surface area contributed by atoms with Gasteiger partial charge in [-0.3, -0.25) is 0 Å². The molecule has 0 saturated carbocycles. The minimum Gasteiger partial charge on any atom is -0.369 e. The summed E-state index contributed by atoms with van der Waals surface area (Å²) >= 11 is 4.19. The zero-order valence-electron chi connectivity index (χ0n) is 17.1. The van der Waals surface area contributed by atoms with Gasteiger partial charge in [0.15, 0.2) is 0 Å². The van der Waals surface area contributed by atoms with Crippen molar-refractivity contribution >= 4 is 28.3 Å². The van der Waals surface area contributed by atoms with Gasteiger partial charge in [0.25, 0.3) is 5.60 Å². The molecular weight excluding hydrogens is 494 g/mol. The number of piperazine rings is 1. The van der Waals surface area contributed by atoms with E-state index in [-0.39, 0.29) is 29.4 Å². The molecule has 2 aromatic carbocycles. The van der Waals surface area contributed by atoms with E-state index in [1.807, 2.05) is 0 Å². The molecule has 1 aliphatic rings. The number of halogens is 6. The number of hydrogen-bond acceptors (Lipinski definition) is 5. The highest BCUT2D eigenvalue weighted by atomic mass is 32.2. The number of nitrogens with zero attached hydrogens (tertiary/aromatic N) is 2. The lowest BCUT2D eigenvalue weighted by Gasteiger charge is -2.40. The molecule has 0 amide bonds. The highest BCUT2D eigenvalue weighted by molar-refractivity contribution is 7.90. The van der Waals surface area contributed by atoms with Gasteiger partial charge in [0.1, 0.15) is 0 Å². The first-order valence-corrected chi connectivity index (χ1v) is 11.5. The number of sulfonamides is 1. The predicted molar refractivity (Wildman–Crippen MR) is 112 cm³/mol. The summed E-state index contributed by atoms with van der Waals surface area (Å²) in [5.41, 5.74) is -6.06. The summed E-state index contributed by atoms with van der Waals surface area (Å²) in [4.78, 5) is 1.97. The number of hydrogen-bond donors (Lipinski definition) is 2. The van der Waals surface area contributed by atoms with E-state index in [0.29, 0.717) is 17.8 Å². The van der Waals surface area contributed by atoms with Crippen LogP contribution in [0.2, 0.25) is 0 Å². The van der Waals surface area contributed by atoms with Crippen molar-refractivity contribution in [3.63, 3.8) is 0 Å². The van der Waals surface area contributed by atoms with E-state index in [2.05, 4.69) is 12.6 Å². The second-order valence-electron chi connectivity index (χ2n) is 7.63. The molecule has 1 fully saturated rings. The summed E-state index contributed by atoms with van der Waals surface area (Å²) in [7, 11) is -3.86. The van der Waals surface area contributed by atoms with Gasteiger partial charge in [-0.2, -0.15) is 30.6 Å². The lowest BCUT2D eigenvalue weighted by molar-refractivity contribution is -0.376. The molecule has 0 aliphatic carbocycles. The van der Waals surface area contributed by atoms with E-state index in [0.717, 1.165) is 12.1 Å². The van der Waals surface area contributed by atoms with Crippen LogP contribution in [0.1, 0.15) is 12.5 Å². The van der Waals surface area contributed by atoms with Crippen LogP contribution in [0, 0.1) is 0 Å². The summed E-state index contributed by atoms with van der Waals surface area (Å²) in [6.07, 6.45) is -11.9. The van der Waals surface area contributed by atoms with Crippen LogP contribution in [0.4, 0.5) is 32.0 Å². The summed E-state index contributed by atoms with van der Waals surface area (Å²) in [6, 6.07) is 8.86. The predicted octanol–water partition coefficient (Wildman–Crippen LogP) is 4.19. The fraction of sp³-hybridized carbons (Fsp3) is 0.400. The van der Waals surface area contributed by atoms with Crippen LogP contribution in [-0.2, 0) is 15.6 Å². The molecule has 0 radical (unpaired) electrons. The van der Waals surface area contributed by atoms with Crippen LogP contribution in [0.5, 0.6) is 0 Å². The van der Waals surface area contributed by atoms with Gasteiger partial charge >= 0.3 is 12.4 Å². The van der Waals surface area contributed by atoms with Gasteiger partial charge in [0.05, 0.1) is 4.90 Å². The van der Waals surface area contributed by atoms with Crippen LogP contribution in [0.3, 0.4) is 0 Å². The van der Waals surface area contributed by atoms with E-state index in [1.165, 1.54) is 10.4 Å². The average Bonchev–Trinajstić information content (AvgIpc) is 2.71. The molecule has 0 spiro atoms. The first-order chi connectivity index (χ1) is 15.1. The maximum Gasteiger partial charge on any atom is 0.430 e. The zero-order chi connectivity index (χ0) is 24.8. The molecule has 13 heteroatoms. The summed E-state index contributed by atoms with van der Waals surface area (Å²) in [5.74, 6) is 0. The normalized spacial score (nSPS) is 19.1. The molecule has 1 saturated heterocycles. The van der Waals surface area contributed by atoms with E-state index in [9.17, 15) is 39.9 Å². The number of rotatable bonds is 4. The fourth-order valence-electron chi connectivity index (χ4n) is 3.74. The SMILES string of the molecule is C[C@H]1CN(c2ccc(C(O)(C(F)(F)F)C(F)(F)F)cc2)CCN1S(=O)(=O)c1ccccc1S. The molecule has 0 bridgehead atoms. The molecule has 1 heterocycles. The number of alkyl halides is 6. The second kappa shape index (κ2) is 8.67. The van der Waals surface area contributed by atoms with E-state index >= 15 is 0 Å². The second-order valence-corrected chi connectivity index (χ2v) is 9.97. The molecule has 1 atom stereocenters. The van der Waals surface area contributed by atoms with E-state index < -0.39 is 39.6 Å². The molecule has 5 nitrogen and oxygen atoms in total. The monoisotopic (exact) mass is 514 g/mol. The summed E-state index contributed by atoms with van der Waals surface area (Å²) < 4.78 is 106. The Morgan fingerprint density at radius 1 is 0.939 bits per heavy atom. The maximum atomic E-state index is 13.1. The third kappa shape index (κ3) is 4.55. The quantitative estimate of drug-likeness (QED) is 0.475. The van der Waals surface area contributed by atoms with Gasteiger partial charge < -0.3 is 10.0 Å². The van der Waals surface area contributed by atoms with Crippen molar-refractivity contribution in [2.24, 2.45) is 0 Å². The van der Waals surface area contributed by atoms with Gasteiger partial charge in [-0.25, -0.2) is 8.42 Å². The third-order valence-corrected chi connectivity index (χ3v) is 8.10. The van der Waals surface area contributed by atoms with Crippen LogP contribution < -0.4 is 4.90 Å². The van der Waals surface area contributed by atoms with Crippen molar-refractivity contribution in [3.8, 4) is 0 Å². The van der Waals surface area contributed by atoms with Crippen LogP contribution in [-0.4, -0.2) is 55.9 Å². The average molecular weight is 515 g/mol. The topological polar surface area (TPSA) is 60.9 Å².